The lowest BCUT2D eigenvalue weighted by Gasteiger charge is -2.31. The van der Waals surface area contributed by atoms with Crippen molar-refractivity contribution in [2.24, 2.45) is 10.9 Å². The molecule has 0 amide bonds. The van der Waals surface area contributed by atoms with E-state index < -0.39 is 20.6 Å². The molecule has 0 bridgehead atoms. The van der Waals surface area contributed by atoms with Gasteiger partial charge in [-0.1, -0.05) is 31.0 Å². The molecule has 11 heteroatoms. The van der Waals surface area contributed by atoms with Crippen LogP contribution in [0, 0.1) is 5.92 Å². The molecule has 1 aromatic carbocycles. The van der Waals surface area contributed by atoms with E-state index in [9.17, 15) is 12.6 Å². The van der Waals surface area contributed by atoms with Gasteiger partial charge in [0.15, 0.2) is 9.84 Å². The lowest BCUT2D eigenvalue weighted by Crippen LogP contribution is -2.37. The summed E-state index contributed by atoms with van der Waals surface area (Å²) in [4.78, 5) is 15.8. The molecule has 0 spiro atoms. The SMILES string of the molecule is CCCc1cnc(N2CCC(C3=NC(COc4ccc(CS(C)(=O)=O)c(Cl)c4)=CS3=O)CC2)nc1. The van der Waals surface area contributed by atoms with E-state index in [1.165, 1.54) is 6.26 Å². The number of aliphatic imine (C=N–C) groups is 1. The minimum Gasteiger partial charge on any atom is -0.487 e. The number of benzene rings is 1. The average molecular weight is 537 g/mol. The molecule has 2 aromatic rings. The van der Waals surface area contributed by atoms with Crippen molar-refractivity contribution in [3.8, 4) is 5.75 Å². The van der Waals surface area contributed by atoms with Gasteiger partial charge in [-0.15, -0.1) is 0 Å². The van der Waals surface area contributed by atoms with Gasteiger partial charge in [-0.05, 0) is 42.5 Å². The minimum atomic E-state index is -3.18. The van der Waals surface area contributed by atoms with Gasteiger partial charge in [0.1, 0.15) is 17.4 Å². The van der Waals surface area contributed by atoms with Crippen molar-refractivity contribution in [2.75, 3.05) is 30.9 Å². The quantitative estimate of drug-likeness (QED) is 0.478. The molecule has 1 fully saturated rings. The van der Waals surface area contributed by atoms with Crippen molar-refractivity contribution in [3.63, 3.8) is 0 Å². The monoisotopic (exact) mass is 536 g/mol. The van der Waals surface area contributed by atoms with Crippen molar-refractivity contribution in [1.29, 1.82) is 0 Å². The fourth-order valence-electron chi connectivity index (χ4n) is 4.15. The van der Waals surface area contributed by atoms with Gasteiger partial charge in [0.25, 0.3) is 0 Å². The number of ether oxygens (including phenoxy) is 1. The van der Waals surface area contributed by atoms with E-state index in [0.717, 1.165) is 50.3 Å². The number of anilines is 1. The van der Waals surface area contributed by atoms with Crippen molar-refractivity contribution in [3.05, 3.63) is 57.8 Å². The van der Waals surface area contributed by atoms with Crippen molar-refractivity contribution in [1.82, 2.24) is 9.97 Å². The average Bonchev–Trinajstić information content (AvgIpc) is 3.20. The van der Waals surface area contributed by atoms with Crippen LogP contribution in [0.4, 0.5) is 5.95 Å². The first-order chi connectivity index (χ1) is 16.7. The third kappa shape index (κ3) is 6.89. The summed E-state index contributed by atoms with van der Waals surface area (Å²) in [5, 5.41) is 2.66. The Kier molecular flexibility index (Phi) is 8.23. The van der Waals surface area contributed by atoms with Crippen LogP contribution in [0.1, 0.15) is 37.3 Å². The highest BCUT2D eigenvalue weighted by Crippen LogP contribution is 2.28. The zero-order valence-corrected chi connectivity index (χ0v) is 22.2. The van der Waals surface area contributed by atoms with Crippen LogP contribution in [0.3, 0.4) is 0 Å². The molecule has 2 aliphatic heterocycles. The lowest BCUT2D eigenvalue weighted by atomic mass is 9.98. The van der Waals surface area contributed by atoms with E-state index in [1.54, 1.807) is 23.6 Å². The highest BCUT2D eigenvalue weighted by Gasteiger charge is 2.30. The van der Waals surface area contributed by atoms with Crippen molar-refractivity contribution >= 4 is 43.2 Å². The van der Waals surface area contributed by atoms with Crippen LogP contribution in [0.2, 0.25) is 5.02 Å². The highest BCUT2D eigenvalue weighted by atomic mass is 35.5. The first-order valence-corrected chi connectivity index (χ1v) is 15.2. The normalized spacial score (nSPS) is 18.9. The van der Waals surface area contributed by atoms with Gasteiger partial charge >= 0.3 is 0 Å². The third-order valence-corrected chi connectivity index (χ3v) is 8.40. The van der Waals surface area contributed by atoms with Crippen LogP contribution >= 0.6 is 11.6 Å². The van der Waals surface area contributed by atoms with Crippen LogP contribution in [0.25, 0.3) is 0 Å². The van der Waals surface area contributed by atoms with Gasteiger partial charge in [0, 0.05) is 48.1 Å². The summed E-state index contributed by atoms with van der Waals surface area (Å²) in [5.41, 5.74) is 2.29. The summed E-state index contributed by atoms with van der Waals surface area (Å²) in [6, 6.07) is 4.91. The second-order valence-electron chi connectivity index (χ2n) is 8.87. The highest BCUT2D eigenvalue weighted by molar-refractivity contribution is 8.03. The Hall–Kier alpha value is -2.30. The summed E-state index contributed by atoms with van der Waals surface area (Å²) in [6.45, 7) is 3.88. The summed E-state index contributed by atoms with van der Waals surface area (Å²) < 4.78 is 41.5. The topological polar surface area (TPSA) is 102 Å². The molecule has 0 saturated carbocycles. The van der Waals surface area contributed by atoms with Gasteiger partial charge < -0.3 is 9.64 Å². The maximum absolute atomic E-state index is 12.7. The number of sulfone groups is 1. The molecule has 8 nitrogen and oxygen atoms in total. The molecular formula is C24H29ClN4O4S2. The van der Waals surface area contributed by atoms with Crippen molar-refractivity contribution < 1.29 is 17.4 Å². The molecule has 1 atom stereocenters. The number of hydrogen-bond acceptors (Lipinski definition) is 8. The van der Waals surface area contributed by atoms with E-state index >= 15 is 0 Å². The Balaban J connectivity index is 1.31. The fraction of sp³-hybridized carbons (Fsp3) is 0.458. The summed E-state index contributed by atoms with van der Waals surface area (Å²) in [6.07, 6.45) is 8.69. The second kappa shape index (κ2) is 11.2. The van der Waals surface area contributed by atoms with Crippen LogP contribution in [0.15, 0.2) is 46.7 Å². The zero-order valence-electron chi connectivity index (χ0n) is 19.8. The van der Waals surface area contributed by atoms with Gasteiger partial charge in [-0.25, -0.2) is 27.6 Å². The lowest BCUT2D eigenvalue weighted by molar-refractivity contribution is 0.351. The molecule has 2 aliphatic rings. The van der Waals surface area contributed by atoms with E-state index in [2.05, 4.69) is 26.8 Å². The van der Waals surface area contributed by atoms with Crippen LogP contribution in [-0.2, 0) is 32.8 Å². The Labute approximate surface area is 213 Å². The Morgan fingerprint density at radius 2 is 1.91 bits per heavy atom. The fourth-order valence-corrected chi connectivity index (χ4v) is 6.54. The van der Waals surface area contributed by atoms with E-state index in [0.29, 0.717) is 27.1 Å². The molecule has 35 heavy (non-hydrogen) atoms. The first kappa shape index (κ1) is 25.8. The van der Waals surface area contributed by atoms with Crippen molar-refractivity contribution in [2.45, 2.75) is 38.4 Å². The maximum Gasteiger partial charge on any atom is 0.225 e. The van der Waals surface area contributed by atoms with Gasteiger partial charge in [0.05, 0.1) is 22.2 Å². The molecule has 1 saturated heterocycles. The smallest absolute Gasteiger partial charge is 0.225 e. The van der Waals surface area contributed by atoms with Gasteiger partial charge in [0.2, 0.25) is 5.95 Å². The van der Waals surface area contributed by atoms with E-state index in [1.807, 2.05) is 12.4 Å². The van der Waals surface area contributed by atoms with E-state index in [4.69, 9.17) is 16.3 Å². The molecule has 3 heterocycles. The Morgan fingerprint density at radius 1 is 1.20 bits per heavy atom. The molecule has 0 aliphatic carbocycles. The molecular weight excluding hydrogens is 508 g/mol. The summed E-state index contributed by atoms with van der Waals surface area (Å²) in [7, 11) is -4.44. The molecule has 1 aromatic heterocycles. The summed E-state index contributed by atoms with van der Waals surface area (Å²) in [5.74, 6) is 1.26. The van der Waals surface area contributed by atoms with Crippen LogP contribution in [-0.4, -0.2) is 53.6 Å². The van der Waals surface area contributed by atoms with Gasteiger partial charge in [-0.2, -0.15) is 0 Å². The third-order valence-electron chi connectivity index (χ3n) is 5.89. The van der Waals surface area contributed by atoms with Crippen LogP contribution in [0.5, 0.6) is 5.75 Å². The van der Waals surface area contributed by atoms with E-state index in [-0.39, 0.29) is 18.3 Å². The number of rotatable bonds is 9. The molecule has 1 unspecified atom stereocenters. The van der Waals surface area contributed by atoms with Gasteiger partial charge in [-0.3, -0.25) is 0 Å². The zero-order chi connectivity index (χ0) is 25.0. The standard InChI is InChI=1S/C24H29ClN4O4S2/c1-3-4-17-12-26-24(27-13-17)29-9-7-18(8-10-29)23-28-20(15-34(23)30)14-33-21-6-5-19(22(25)11-21)16-35(2,31)32/h5-6,11-13,15,18H,3-4,7-10,14,16H2,1-2H3. The van der Waals surface area contributed by atoms with Crippen LogP contribution < -0.4 is 9.64 Å². The molecule has 4 rings (SSSR count). The first-order valence-electron chi connectivity index (χ1n) is 11.6. The second-order valence-corrected chi connectivity index (χ2v) is 12.7. The number of halogens is 1. The molecule has 0 N–H and O–H groups in total. The Morgan fingerprint density at radius 3 is 2.54 bits per heavy atom. The predicted octanol–water partition coefficient (Wildman–Crippen LogP) is 3.92. The predicted molar refractivity (Wildman–Crippen MR) is 140 cm³/mol. The number of aromatic nitrogens is 2. The molecule has 188 valence electrons. The number of aryl methyl sites for hydroxylation is 1. The summed E-state index contributed by atoms with van der Waals surface area (Å²) >= 11 is 6.21. The minimum absolute atomic E-state index is 0.126. The Bertz CT molecular complexity index is 1250. The maximum atomic E-state index is 12.7. The largest absolute Gasteiger partial charge is 0.487 e. The number of piperidine rings is 1. The number of hydrogen-bond donors (Lipinski definition) is 0. The number of nitrogens with zero attached hydrogens (tertiary/aromatic N) is 4. The molecule has 0 radical (unpaired) electrons.